The maximum absolute atomic E-state index is 8.40. The lowest BCUT2D eigenvalue weighted by atomic mass is 10.2. The van der Waals surface area contributed by atoms with E-state index in [0.717, 1.165) is 18.4 Å². The van der Waals surface area contributed by atoms with Crippen LogP contribution in [-0.2, 0) is 0 Å². The Morgan fingerprint density at radius 3 is 2.75 bits per heavy atom. The monoisotopic (exact) mass is 239 g/mol. The Morgan fingerprint density at radius 1 is 1.38 bits per heavy atom. The molecular weight excluding hydrogens is 226 g/mol. The summed E-state index contributed by atoms with van der Waals surface area (Å²) in [5.74, 6) is 0.712. The molecule has 1 aliphatic carbocycles. The van der Waals surface area contributed by atoms with Gasteiger partial charge >= 0.3 is 0 Å². The third-order valence-electron chi connectivity index (χ3n) is 2.76. The van der Waals surface area contributed by atoms with Crippen molar-refractivity contribution in [3.05, 3.63) is 28.8 Å². The number of ether oxygens (including phenoxy) is 1. The number of hydrogen-bond donors (Lipinski definition) is 1. The molecule has 16 heavy (non-hydrogen) atoms. The number of rotatable bonds is 3. The van der Waals surface area contributed by atoms with Crippen molar-refractivity contribution in [3.63, 3.8) is 0 Å². The van der Waals surface area contributed by atoms with Gasteiger partial charge in [0, 0.05) is 0 Å². The largest absolute Gasteiger partial charge is 0.489 e. The van der Waals surface area contributed by atoms with E-state index in [4.69, 9.17) is 21.5 Å². The van der Waals surface area contributed by atoms with Gasteiger partial charge in [-0.05, 0) is 49.4 Å². The predicted molar refractivity (Wildman–Crippen MR) is 63.7 cm³/mol. The normalized spacial score (nSPS) is 17.1. The van der Waals surface area contributed by atoms with Gasteiger partial charge < -0.3 is 9.94 Å². The summed E-state index contributed by atoms with van der Waals surface area (Å²) in [5.41, 5.74) is 0.756. The summed E-state index contributed by atoms with van der Waals surface area (Å²) in [6.07, 6.45) is 6.32. The van der Waals surface area contributed by atoms with E-state index in [2.05, 4.69) is 5.16 Å². The van der Waals surface area contributed by atoms with Crippen molar-refractivity contribution >= 4 is 17.8 Å². The van der Waals surface area contributed by atoms with Crippen molar-refractivity contribution < 1.29 is 9.94 Å². The van der Waals surface area contributed by atoms with E-state index in [9.17, 15) is 0 Å². The summed E-state index contributed by atoms with van der Waals surface area (Å²) in [6, 6.07) is 5.36. The van der Waals surface area contributed by atoms with E-state index in [-0.39, 0.29) is 0 Å². The molecule has 3 nitrogen and oxygen atoms in total. The summed E-state index contributed by atoms with van der Waals surface area (Å²) >= 11 is 6.08. The summed E-state index contributed by atoms with van der Waals surface area (Å²) in [6.45, 7) is 0. The summed E-state index contributed by atoms with van der Waals surface area (Å²) in [5, 5.41) is 11.9. The van der Waals surface area contributed by atoms with Crippen LogP contribution in [0, 0.1) is 0 Å². The van der Waals surface area contributed by atoms with Gasteiger partial charge in [-0.2, -0.15) is 0 Å². The van der Waals surface area contributed by atoms with E-state index < -0.39 is 0 Å². The van der Waals surface area contributed by atoms with Gasteiger partial charge in [0.15, 0.2) is 0 Å². The van der Waals surface area contributed by atoms with Crippen molar-refractivity contribution in [2.24, 2.45) is 5.16 Å². The maximum Gasteiger partial charge on any atom is 0.138 e. The van der Waals surface area contributed by atoms with Crippen molar-refractivity contribution in [3.8, 4) is 5.75 Å². The van der Waals surface area contributed by atoms with E-state index in [1.54, 1.807) is 6.07 Å². The Hall–Kier alpha value is -1.22. The minimum absolute atomic E-state index is 0.301. The van der Waals surface area contributed by atoms with Crippen molar-refractivity contribution in [2.75, 3.05) is 0 Å². The first-order valence-electron chi connectivity index (χ1n) is 5.43. The van der Waals surface area contributed by atoms with Gasteiger partial charge in [0.2, 0.25) is 0 Å². The second-order valence-corrected chi connectivity index (χ2v) is 4.37. The molecule has 1 N–H and O–H groups in total. The zero-order valence-corrected chi connectivity index (χ0v) is 9.65. The van der Waals surface area contributed by atoms with Gasteiger partial charge in [-0.15, -0.1) is 0 Å². The molecule has 4 heteroatoms. The van der Waals surface area contributed by atoms with Crippen molar-refractivity contribution in [1.29, 1.82) is 0 Å². The minimum Gasteiger partial charge on any atom is -0.489 e. The van der Waals surface area contributed by atoms with E-state index in [1.165, 1.54) is 19.1 Å². The molecule has 1 aromatic carbocycles. The van der Waals surface area contributed by atoms with Crippen LogP contribution < -0.4 is 4.74 Å². The number of hydrogen-bond acceptors (Lipinski definition) is 3. The molecule has 0 radical (unpaired) electrons. The summed E-state index contributed by atoms with van der Waals surface area (Å²) < 4.78 is 5.80. The lowest BCUT2D eigenvalue weighted by Crippen LogP contribution is -2.11. The highest BCUT2D eigenvalue weighted by Gasteiger charge is 2.17. The first kappa shape index (κ1) is 11.3. The highest BCUT2D eigenvalue weighted by Crippen LogP contribution is 2.30. The fraction of sp³-hybridized carbons (Fsp3) is 0.417. The molecule has 0 aliphatic heterocycles. The molecule has 86 valence electrons. The van der Waals surface area contributed by atoms with Crippen LogP contribution in [-0.4, -0.2) is 17.5 Å². The average molecular weight is 240 g/mol. The third-order valence-corrected chi connectivity index (χ3v) is 3.05. The number of oxime groups is 1. The molecule has 0 unspecified atom stereocenters. The van der Waals surface area contributed by atoms with E-state index in [1.807, 2.05) is 12.1 Å². The van der Waals surface area contributed by atoms with Gasteiger partial charge in [0.1, 0.15) is 5.75 Å². The smallest absolute Gasteiger partial charge is 0.138 e. The van der Waals surface area contributed by atoms with Gasteiger partial charge in [-0.1, -0.05) is 16.8 Å². The molecule has 2 rings (SSSR count). The Kier molecular flexibility index (Phi) is 3.67. The minimum atomic E-state index is 0.301. The second-order valence-electron chi connectivity index (χ2n) is 3.96. The summed E-state index contributed by atoms with van der Waals surface area (Å²) in [4.78, 5) is 0. The van der Waals surface area contributed by atoms with E-state index >= 15 is 0 Å². The first-order valence-corrected chi connectivity index (χ1v) is 5.81. The highest BCUT2D eigenvalue weighted by molar-refractivity contribution is 6.32. The van der Waals surface area contributed by atoms with Crippen LogP contribution >= 0.6 is 11.6 Å². The Bertz CT molecular complexity index is 387. The standard InChI is InChI=1S/C12H14ClNO2/c13-11-7-9(8-14-15)5-6-12(11)16-10-3-1-2-4-10/h5-8,10,15H,1-4H2/b14-8+. The second kappa shape index (κ2) is 5.21. The number of benzene rings is 1. The van der Waals surface area contributed by atoms with Crippen LogP contribution in [0.15, 0.2) is 23.4 Å². The van der Waals surface area contributed by atoms with Crippen LogP contribution in [0.4, 0.5) is 0 Å². The fourth-order valence-corrected chi connectivity index (χ4v) is 2.18. The number of halogens is 1. The lowest BCUT2D eigenvalue weighted by Gasteiger charge is -2.14. The Labute approximate surface area is 99.7 Å². The molecule has 0 aromatic heterocycles. The first-order chi connectivity index (χ1) is 7.79. The van der Waals surface area contributed by atoms with Crippen LogP contribution in [0.3, 0.4) is 0 Å². The van der Waals surface area contributed by atoms with Crippen LogP contribution in [0.25, 0.3) is 0 Å². The van der Waals surface area contributed by atoms with Gasteiger partial charge in [-0.3, -0.25) is 0 Å². The molecule has 1 aliphatic rings. The van der Waals surface area contributed by atoms with Gasteiger partial charge in [-0.25, -0.2) is 0 Å². The van der Waals surface area contributed by atoms with Gasteiger partial charge in [0.25, 0.3) is 0 Å². The molecule has 1 aromatic rings. The average Bonchev–Trinajstić information content (AvgIpc) is 2.75. The molecule has 0 saturated heterocycles. The topological polar surface area (TPSA) is 41.8 Å². The van der Waals surface area contributed by atoms with Crippen molar-refractivity contribution in [2.45, 2.75) is 31.8 Å². The van der Waals surface area contributed by atoms with Crippen LogP contribution in [0.1, 0.15) is 31.2 Å². The maximum atomic E-state index is 8.40. The van der Waals surface area contributed by atoms with Crippen LogP contribution in [0.5, 0.6) is 5.75 Å². The predicted octanol–water partition coefficient (Wildman–Crippen LogP) is 3.47. The van der Waals surface area contributed by atoms with E-state index in [0.29, 0.717) is 16.9 Å². The molecule has 1 saturated carbocycles. The zero-order valence-electron chi connectivity index (χ0n) is 8.90. The quantitative estimate of drug-likeness (QED) is 0.499. The fourth-order valence-electron chi connectivity index (χ4n) is 1.95. The molecule has 0 heterocycles. The Morgan fingerprint density at radius 2 is 2.12 bits per heavy atom. The van der Waals surface area contributed by atoms with Gasteiger partial charge in [0.05, 0.1) is 17.3 Å². The summed E-state index contributed by atoms with van der Waals surface area (Å²) in [7, 11) is 0. The highest BCUT2D eigenvalue weighted by atomic mass is 35.5. The number of nitrogens with zero attached hydrogens (tertiary/aromatic N) is 1. The molecule has 0 bridgehead atoms. The SMILES string of the molecule is O/N=C/c1ccc(OC2CCCC2)c(Cl)c1. The zero-order chi connectivity index (χ0) is 11.4. The molecule has 0 amide bonds. The molecule has 0 atom stereocenters. The van der Waals surface area contributed by atoms with Crippen molar-refractivity contribution in [1.82, 2.24) is 0 Å². The lowest BCUT2D eigenvalue weighted by molar-refractivity contribution is 0.210. The molecular formula is C12H14ClNO2. The van der Waals surface area contributed by atoms with Crippen LogP contribution in [0.2, 0.25) is 5.02 Å². The molecule has 0 spiro atoms. The molecule has 1 fully saturated rings. The third kappa shape index (κ3) is 2.67. The Balaban J connectivity index is 2.09.